The van der Waals surface area contributed by atoms with E-state index in [0.717, 1.165) is 23.9 Å². The molecule has 1 aliphatic rings. The van der Waals surface area contributed by atoms with E-state index < -0.39 is 15.6 Å². The Hall–Kier alpha value is -3.31. The van der Waals surface area contributed by atoms with Gasteiger partial charge in [-0.3, -0.25) is 9.69 Å². The zero-order valence-electron chi connectivity index (χ0n) is 19.2. The zero-order valence-corrected chi connectivity index (χ0v) is 20.0. The van der Waals surface area contributed by atoms with Crippen molar-refractivity contribution in [2.45, 2.75) is 26.8 Å². The number of carbonyl (C=O) groups is 1. The Labute approximate surface area is 198 Å². The molecule has 11 heteroatoms. The highest BCUT2D eigenvalue weighted by molar-refractivity contribution is 7.95. The van der Waals surface area contributed by atoms with Crippen LogP contribution in [0.15, 0.2) is 44.8 Å². The summed E-state index contributed by atoms with van der Waals surface area (Å²) in [5, 5.41) is 9.08. The molecule has 180 valence electrons. The van der Waals surface area contributed by atoms with Crippen LogP contribution in [-0.2, 0) is 21.2 Å². The smallest absolute Gasteiger partial charge is 0.263 e. The second kappa shape index (κ2) is 10.3. The van der Waals surface area contributed by atoms with Crippen LogP contribution in [0, 0.1) is 13.8 Å². The monoisotopic (exact) mass is 485 g/mol. The third-order valence-corrected chi connectivity index (χ3v) is 6.81. The number of benzene rings is 1. The minimum absolute atomic E-state index is 0.367. The molecule has 1 saturated heterocycles. The molecule has 2 aromatic heterocycles. The highest BCUT2D eigenvalue weighted by Crippen LogP contribution is 2.25. The average molecular weight is 486 g/mol. The molecular formula is C23H27N5O5S. The molecule has 10 nitrogen and oxygen atoms in total. The highest BCUT2D eigenvalue weighted by Gasteiger charge is 2.24. The van der Waals surface area contributed by atoms with Gasteiger partial charge in [0, 0.05) is 31.6 Å². The Bertz CT molecular complexity index is 1250. The van der Waals surface area contributed by atoms with E-state index >= 15 is 0 Å². The van der Waals surface area contributed by atoms with Gasteiger partial charge in [0.05, 0.1) is 12.2 Å². The molecule has 0 aliphatic carbocycles. The molecule has 0 atom stereocenters. The fraction of sp³-hybridized carbons (Fsp3) is 0.391. The van der Waals surface area contributed by atoms with E-state index in [2.05, 4.69) is 20.2 Å². The van der Waals surface area contributed by atoms with Crippen molar-refractivity contribution in [3.63, 3.8) is 0 Å². The second-order valence-electron chi connectivity index (χ2n) is 8.25. The van der Waals surface area contributed by atoms with Crippen molar-refractivity contribution in [2.75, 3.05) is 31.9 Å². The molecule has 1 fully saturated rings. The molecule has 34 heavy (non-hydrogen) atoms. The largest absolute Gasteiger partial charge is 0.361 e. The van der Waals surface area contributed by atoms with Crippen LogP contribution in [-0.4, -0.2) is 71.4 Å². The van der Waals surface area contributed by atoms with Gasteiger partial charge in [-0.25, -0.2) is 8.42 Å². The lowest BCUT2D eigenvalue weighted by atomic mass is 10.2. The van der Waals surface area contributed by atoms with Gasteiger partial charge >= 0.3 is 0 Å². The first-order valence-electron chi connectivity index (χ1n) is 11.0. The van der Waals surface area contributed by atoms with Crippen LogP contribution >= 0.6 is 0 Å². The summed E-state index contributed by atoms with van der Waals surface area (Å²) in [5.74, 6) is 0.585. The summed E-state index contributed by atoms with van der Waals surface area (Å²) in [6, 6.07) is 9.12. The van der Waals surface area contributed by atoms with Gasteiger partial charge in [-0.05, 0) is 31.9 Å². The summed E-state index contributed by atoms with van der Waals surface area (Å²) in [6.45, 7) is 6.33. The standard InChI is InChI=1S/C23H27N5O5S/c1-17-22(18(2)32-25-17)23-24-20(26-33-23)15-27-10-6-11-28(13-12-27)21(29)16-34(30,31)14-9-19-7-4-3-5-8-19/h3-5,7-9,14H,6,10-13,15-16H2,1-2H3. The van der Waals surface area contributed by atoms with Crippen LogP contribution in [0.25, 0.3) is 17.5 Å². The topological polar surface area (TPSA) is 123 Å². The third kappa shape index (κ3) is 5.97. The minimum Gasteiger partial charge on any atom is -0.361 e. The molecule has 1 aromatic carbocycles. The van der Waals surface area contributed by atoms with Crippen molar-refractivity contribution >= 4 is 21.8 Å². The molecule has 4 rings (SSSR count). The molecule has 1 aliphatic heterocycles. The second-order valence-corrected chi connectivity index (χ2v) is 10.1. The molecule has 1 amide bonds. The lowest BCUT2D eigenvalue weighted by molar-refractivity contribution is -0.128. The van der Waals surface area contributed by atoms with Crippen LogP contribution in [0.3, 0.4) is 0 Å². The van der Waals surface area contributed by atoms with E-state index in [1.165, 1.54) is 6.08 Å². The number of nitrogens with zero attached hydrogens (tertiary/aromatic N) is 5. The Morgan fingerprint density at radius 3 is 2.59 bits per heavy atom. The van der Waals surface area contributed by atoms with Crippen molar-refractivity contribution in [2.24, 2.45) is 0 Å². The summed E-state index contributed by atoms with van der Waals surface area (Å²) in [4.78, 5) is 20.9. The number of aryl methyl sites for hydroxylation is 2. The van der Waals surface area contributed by atoms with Crippen molar-refractivity contribution in [1.29, 1.82) is 0 Å². The quantitative estimate of drug-likeness (QED) is 0.496. The third-order valence-electron chi connectivity index (χ3n) is 5.61. The normalized spacial score (nSPS) is 15.6. The van der Waals surface area contributed by atoms with Crippen LogP contribution in [0.5, 0.6) is 0 Å². The molecular weight excluding hydrogens is 458 g/mol. The van der Waals surface area contributed by atoms with E-state index in [-0.39, 0.29) is 5.91 Å². The predicted molar refractivity (Wildman–Crippen MR) is 125 cm³/mol. The number of aromatic nitrogens is 3. The summed E-state index contributed by atoms with van der Waals surface area (Å²) >= 11 is 0. The molecule has 3 aromatic rings. The van der Waals surface area contributed by atoms with Gasteiger partial charge in [-0.1, -0.05) is 40.6 Å². The van der Waals surface area contributed by atoms with Gasteiger partial charge in [0.15, 0.2) is 15.7 Å². The van der Waals surface area contributed by atoms with Gasteiger partial charge in [0.1, 0.15) is 17.1 Å². The van der Waals surface area contributed by atoms with Crippen LogP contribution in [0.1, 0.15) is 29.3 Å². The molecule has 0 saturated carbocycles. The number of hydrogen-bond acceptors (Lipinski definition) is 9. The van der Waals surface area contributed by atoms with Crippen molar-refractivity contribution in [3.05, 3.63) is 58.6 Å². The number of carbonyl (C=O) groups excluding carboxylic acids is 1. The van der Waals surface area contributed by atoms with Crippen LogP contribution in [0.4, 0.5) is 0 Å². The summed E-state index contributed by atoms with van der Waals surface area (Å²) < 4.78 is 35.4. The first-order chi connectivity index (χ1) is 16.3. The van der Waals surface area contributed by atoms with Crippen molar-refractivity contribution < 1.29 is 22.3 Å². The van der Waals surface area contributed by atoms with Crippen LogP contribution < -0.4 is 0 Å². The maximum absolute atomic E-state index is 12.7. The van der Waals surface area contributed by atoms with E-state index in [9.17, 15) is 13.2 Å². The Balaban J connectivity index is 1.32. The van der Waals surface area contributed by atoms with E-state index in [0.29, 0.717) is 54.9 Å². The number of rotatable bonds is 7. The molecule has 0 unspecified atom stereocenters. The van der Waals surface area contributed by atoms with Gasteiger partial charge in [0.25, 0.3) is 5.89 Å². The Morgan fingerprint density at radius 1 is 1.06 bits per heavy atom. The summed E-state index contributed by atoms with van der Waals surface area (Å²) in [5.41, 5.74) is 2.15. The number of sulfone groups is 1. The molecule has 0 radical (unpaired) electrons. The first kappa shape index (κ1) is 23.8. The lowest BCUT2D eigenvalue weighted by Crippen LogP contribution is -2.38. The van der Waals surface area contributed by atoms with Crippen molar-refractivity contribution in [3.8, 4) is 11.5 Å². The van der Waals surface area contributed by atoms with Crippen LogP contribution in [0.2, 0.25) is 0 Å². The fourth-order valence-electron chi connectivity index (χ4n) is 3.84. The van der Waals surface area contributed by atoms with Gasteiger partial charge in [-0.15, -0.1) is 0 Å². The van der Waals surface area contributed by atoms with E-state index in [1.807, 2.05) is 25.1 Å². The van der Waals surface area contributed by atoms with E-state index in [4.69, 9.17) is 9.05 Å². The Kier molecular flexibility index (Phi) is 7.23. The predicted octanol–water partition coefficient (Wildman–Crippen LogP) is 2.46. The minimum atomic E-state index is -3.66. The fourth-order valence-corrected chi connectivity index (χ4v) is 4.83. The van der Waals surface area contributed by atoms with Crippen molar-refractivity contribution in [1.82, 2.24) is 25.1 Å². The molecule has 3 heterocycles. The molecule has 0 bridgehead atoms. The maximum atomic E-state index is 12.7. The number of amides is 1. The SMILES string of the molecule is Cc1noc(C)c1-c1nc(CN2CCCN(C(=O)CS(=O)(=O)C=Cc3ccccc3)CC2)no1. The summed E-state index contributed by atoms with van der Waals surface area (Å²) in [7, 11) is -3.66. The van der Waals surface area contributed by atoms with Gasteiger partial charge in [-0.2, -0.15) is 4.98 Å². The number of hydrogen-bond donors (Lipinski definition) is 0. The molecule has 0 N–H and O–H groups in total. The maximum Gasteiger partial charge on any atom is 0.263 e. The zero-order chi connectivity index (χ0) is 24.1. The van der Waals surface area contributed by atoms with E-state index in [1.54, 1.807) is 24.0 Å². The first-order valence-corrected chi connectivity index (χ1v) is 12.7. The van der Waals surface area contributed by atoms with Gasteiger partial charge in [0.2, 0.25) is 5.91 Å². The van der Waals surface area contributed by atoms with Gasteiger partial charge < -0.3 is 13.9 Å². The Morgan fingerprint density at radius 2 is 1.85 bits per heavy atom. The lowest BCUT2D eigenvalue weighted by Gasteiger charge is -2.21. The average Bonchev–Trinajstić information content (AvgIpc) is 3.30. The highest BCUT2D eigenvalue weighted by atomic mass is 32.2. The summed E-state index contributed by atoms with van der Waals surface area (Å²) in [6.07, 6.45) is 2.23. The molecule has 0 spiro atoms.